The summed E-state index contributed by atoms with van der Waals surface area (Å²) in [5.41, 5.74) is 6.83. The van der Waals surface area contributed by atoms with Crippen LogP contribution in [0.3, 0.4) is 0 Å². The summed E-state index contributed by atoms with van der Waals surface area (Å²) in [5, 5.41) is 0.732. The predicted octanol–water partition coefficient (Wildman–Crippen LogP) is 3.80. The minimum Gasteiger partial charge on any atom is -0.335 e. The average molecular weight is 331 g/mol. The zero-order chi connectivity index (χ0) is 14.5. The van der Waals surface area contributed by atoms with Crippen LogP contribution in [0.25, 0.3) is 0 Å². The Labute approximate surface area is 138 Å². The van der Waals surface area contributed by atoms with Gasteiger partial charge in [0, 0.05) is 24.0 Å². The maximum absolute atomic E-state index is 12.6. The van der Waals surface area contributed by atoms with Gasteiger partial charge in [-0.25, -0.2) is 0 Å². The van der Waals surface area contributed by atoms with Crippen LogP contribution in [0.4, 0.5) is 0 Å². The van der Waals surface area contributed by atoms with Crippen molar-refractivity contribution in [3.05, 3.63) is 34.9 Å². The maximum Gasteiger partial charge on any atom is 0.227 e. The molecule has 2 rings (SSSR count). The monoisotopic (exact) mass is 330 g/mol. The molecule has 0 bridgehead atoms. The molecular formula is C16H24Cl2N2O. The normalized spacial score (nSPS) is 20.3. The number of carbonyl (C=O) groups excluding carboxylic acids is 1. The van der Waals surface area contributed by atoms with Crippen LogP contribution in [0.2, 0.25) is 5.02 Å². The second-order valence-electron chi connectivity index (χ2n) is 5.59. The molecule has 0 aliphatic carbocycles. The van der Waals surface area contributed by atoms with Crippen molar-refractivity contribution >= 4 is 29.9 Å². The lowest BCUT2D eigenvalue weighted by molar-refractivity contribution is -0.137. The molecule has 0 saturated carbocycles. The van der Waals surface area contributed by atoms with E-state index >= 15 is 0 Å². The Kier molecular flexibility index (Phi) is 7.50. The van der Waals surface area contributed by atoms with E-state index < -0.39 is 0 Å². The van der Waals surface area contributed by atoms with Gasteiger partial charge in [0.1, 0.15) is 0 Å². The zero-order valence-electron chi connectivity index (χ0n) is 12.4. The molecule has 3 nitrogen and oxygen atoms in total. The van der Waals surface area contributed by atoms with E-state index in [1.807, 2.05) is 36.1 Å². The predicted molar refractivity (Wildman–Crippen MR) is 89.8 cm³/mol. The molecule has 1 aromatic rings. The van der Waals surface area contributed by atoms with Crippen molar-refractivity contribution in [2.75, 3.05) is 13.1 Å². The lowest BCUT2D eigenvalue weighted by atomic mass is 9.99. The van der Waals surface area contributed by atoms with Crippen molar-refractivity contribution in [3.63, 3.8) is 0 Å². The number of amides is 1. The fraction of sp³-hybridized carbons (Fsp3) is 0.562. The highest BCUT2D eigenvalue weighted by Gasteiger charge is 2.28. The standard InChI is InChI=1S/C16H23ClN2O.ClH/c1-12(11-18)16(20)19-10-4-2-3-5-15(19)13-6-8-14(17)9-7-13;/h6-9,12,15H,2-5,10-11,18H2,1H3;1H. The molecule has 5 heteroatoms. The topological polar surface area (TPSA) is 46.3 Å². The van der Waals surface area contributed by atoms with Gasteiger partial charge >= 0.3 is 0 Å². The Morgan fingerprint density at radius 1 is 1.33 bits per heavy atom. The van der Waals surface area contributed by atoms with Gasteiger partial charge in [-0.2, -0.15) is 0 Å². The summed E-state index contributed by atoms with van der Waals surface area (Å²) in [7, 11) is 0. The molecule has 2 N–H and O–H groups in total. The summed E-state index contributed by atoms with van der Waals surface area (Å²) >= 11 is 5.96. The van der Waals surface area contributed by atoms with Gasteiger partial charge in [-0.15, -0.1) is 12.4 Å². The van der Waals surface area contributed by atoms with E-state index in [1.165, 1.54) is 12.0 Å². The number of likely N-dealkylation sites (tertiary alicyclic amines) is 1. The fourth-order valence-corrected chi connectivity index (χ4v) is 2.91. The Balaban J connectivity index is 0.00000220. The van der Waals surface area contributed by atoms with Gasteiger partial charge in [-0.3, -0.25) is 4.79 Å². The SMILES string of the molecule is CC(CN)C(=O)N1CCCCCC1c1ccc(Cl)cc1.Cl. The van der Waals surface area contributed by atoms with Crippen molar-refractivity contribution in [1.29, 1.82) is 0 Å². The van der Waals surface area contributed by atoms with Crippen molar-refractivity contribution in [2.45, 2.75) is 38.6 Å². The lowest BCUT2D eigenvalue weighted by Gasteiger charge is -2.32. The molecule has 0 radical (unpaired) electrons. The van der Waals surface area contributed by atoms with Crippen LogP contribution in [0, 0.1) is 5.92 Å². The van der Waals surface area contributed by atoms with Crippen LogP contribution in [-0.2, 0) is 4.79 Å². The maximum atomic E-state index is 12.6. The van der Waals surface area contributed by atoms with E-state index in [0.717, 1.165) is 30.8 Å². The molecule has 1 fully saturated rings. The van der Waals surface area contributed by atoms with E-state index in [-0.39, 0.29) is 30.3 Å². The summed E-state index contributed by atoms with van der Waals surface area (Å²) in [5.74, 6) is 0.0669. The van der Waals surface area contributed by atoms with Gasteiger partial charge in [0.2, 0.25) is 5.91 Å². The Hall–Kier alpha value is -0.770. The summed E-state index contributed by atoms with van der Waals surface area (Å²) in [6.07, 6.45) is 4.44. The summed E-state index contributed by atoms with van der Waals surface area (Å²) in [6, 6.07) is 8.03. The molecule has 1 aliphatic heterocycles. The zero-order valence-corrected chi connectivity index (χ0v) is 14.0. The summed E-state index contributed by atoms with van der Waals surface area (Å²) in [4.78, 5) is 14.6. The minimum absolute atomic E-state index is 0. The van der Waals surface area contributed by atoms with Gasteiger partial charge in [-0.1, -0.05) is 43.5 Å². The number of hydrogen-bond donors (Lipinski definition) is 1. The molecule has 118 valence electrons. The van der Waals surface area contributed by atoms with Crippen molar-refractivity contribution in [2.24, 2.45) is 11.7 Å². The van der Waals surface area contributed by atoms with E-state index in [1.54, 1.807) is 0 Å². The van der Waals surface area contributed by atoms with Crippen molar-refractivity contribution in [3.8, 4) is 0 Å². The fourth-order valence-electron chi connectivity index (χ4n) is 2.79. The number of carbonyl (C=O) groups is 1. The minimum atomic E-state index is -0.108. The molecule has 2 unspecified atom stereocenters. The molecule has 21 heavy (non-hydrogen) atoms. The number of rotatable bonds is 3. The van der Waals surface area contributed by atoms with Crippen LogP contribution in [0.15, 0.2) is 24.3 Å². The second kappa shape index (κ2) is 8.62. The molecule has 1 aliphatic rings. The number of benzene rings is 1. The van der Waals surface area contributed by atoms with Crippen LogP contribution >= 0.6 is 24.0 Å². The molecule has 1 aromatic carbocycles. The first-order valence-corrected chi connectivity index (χ1v) is 7.77. The van der Waals surface area contributed by atoms with Crippen LogP contribution in [0.1, 0.15) is 44.2 Å². The van der Waals surface area contributed by atoms with Crippen molar-refractivity contribution in [1.82, 2.24) is 4.90 Å². The smallest absolute Gasteiger partial charge is 0.227 e. The molecule has 2 atom stereocenters. The second-order valence-corrected chi connectivity index (χ2v) is 6.02. The quantitative estimate of drug-likeness (QED) is 0.916. The van der Waals surface area contributed by atoms with Crippen molar-refractivity contribution < 1.29 is 4.79 Å². The highest BCUT2D eigenvalue weighted by Crippen LogP contribution is 2.31. The highest BCUT2D eigenvalue weighted by molar-refractivity contribution is 6.30. The molecular weight excluding hydrogens is 307 g/mol. The third-order valence-corrected chi connectivity index (χ3v) is 4.32. The molecule has 1 heterocycles. The van der Waals surface area contributed by atoms with Crippen LogP contribution in [-0.4, -0.2) is 23.9 Å². The molecule has 1 saturated heterocycles. The first kappa shape index (κ1) is 18.3. The third kappa shape index (κ3) is 4.60. The number of nitrogens with zero attached hydrogens (tertiary/aromatic N) is 1. The van der Waals surface area contributed by atoms with Gasteiger partial charge in [0.25, 0.3) is 0 Å². The Morgan fingerprint density at radius 3 is 2.62 bits per heavy atom. The number of halogens is 2. The van der Waals surface area contributed by atoms with E-state index in [0.29, 0.717) is 6.54 Å². The molecule has 0 spiro atoms. The lowest BCUT2D eigenvalue weighted by Crippen LogP contribution is -2.40. The van der Waals surface area contributed by atoms with E-state index in [2.05, 4.69) is 0 Å². The largest absolute Gasteiger partial charge is 0.335 e. The number of hydrogen-bond acceptors (Lipinski definition) is 2. The van der Waals surface area contributed by atoms with Crippen LogP contribution < -0.4 is 5.73 Å². The van der Waals surface area contributed by atoms with Gasteiger partial charge in [0.15, 0.2) is 0 Å². The van der Waals surface area contributed by atoms with Gasteiger partial charge in [0.05, 0.1) is 6.04 Å². The first-order chi connectivity index (χ1) is 9.63. The highest BCUT2D eigenvalue weighted by atomic mass is 35.5. The molecule has 1 amide bonds. The summed E-state index contributed by atoms with van der Waals surface area (Å²) in [6.45, 7) is 3.14. The molecule has 0 aromatic heterocycles. The number of nitrogens with two attached hydrogens (primary N) is 1. The van der Waals surface area contributed by atoms with Gasteiger partial charge < -0.3 is 10.6 Å². The summed E-state index contributed by atoms with van der Waals surface area (Å²) < 4.78 is 0. The van der Waals surface area contributed by atoms with E-state index in [9.17, 15) is 4.79 Å². The Morgan fingerprint density at radius 2 is 2.00 bits per heavy atom. The third-order valence-electron chi connectivity index (χ3n) is 4.07. The van der Waals surface area contributed by atoms with Crippen LogP contribution in [0.5, 0.6) is 0 Å². The Bertz CT molecular complexity index is 450. The van der Waals surface area contributed by atoms with E-state index in [4.69, 9.17) is 17.3 Å². The first-order valence-electron chi connectivity index (χ1n) is 7.39. The van der Waals surface area contributed by atoms with Gasteiger partial charge in [-0.05, 0) is 30.5 Å². The average Bonchev–Trinajstić information content (AvgIpc) is 2.72.